The first-order valence-corrected chi connectivity index (χ1v) is 13.9. The zero-order valence-corrected chi connectivity index (χ0v) is 22.8. The predicted molar refractivity (Wildman–Crippen MR) is 155 cm³/mol. The highest BCUT2D eigenvalue weighted by Crippen LogP contribution is 2.34. The number of thiophene rings is 1. The van der Waals surface area contributed by atoms with Crippen molar-refractivity contribution >= 4 is 39.8 Å². The summed E-state index contributed by atoms with van der Waals surface area (Å²) in [5, 5.41) is 16.8. The molecule has 0 aliphatic carbocycles. The van der Waals surface area contributed by atoms with Crippen LogP contribution in [0.25, 0.3) is 21.3 Å². The average Bonchev–Trinajstić information content (AvgIpc) is 3.44. The number of hydrogen-bond donors (Lipinski definition) is 3. The molecular formula is C30H26F2N6O2S. The number of halogens is 2. The third-order valence-electron chi connectivity index (χ3n) is 7.00. The second-order valence-corrected chi connectivity index (χ2v) is 11.0. The Morgan fingerprint density at radius 2 is 1.93 bits per heavy atom. The molecule has 0 radical (unpaired) electrons. The minimum atomic E-state index is -0.962. The number of anilines is 2. The Kier molecular flexibility index (Phi) is 7.29. The van der Waals surface area contributed by atoms with Gasteiger partial charge in [0.15, 0.2) is 11.6 Å². The van der Waals surface area contributed by atoms with E-state index in [1.807, 2.05) is 23.1 Å². The lowest BCUT2D eigenvalue weighted by molar-refractivity contribution is 0.0940. The van der Waals surface area contributed by atoms with Gasteiger partial charge in [-0.05, 0) is 66.6 Å². The van der Waals surface area contributed by atoms with Gasteiger partial charge in [-0.25, -0.2) is 23.7 Å². The summed E-state index contributed by atoms with van der Waals surface area (Å²) in [6, 6.07) is 16.5. The van der Waals surface area contributed by atoms with Gasteiger partial charge >= 0.3 is 0 Å². The molecule has 11 heteroatoms. The first-order chi connectivity index (χ1) is 19.9. The lowest BCUT2D eigenvalue weighted by Gasteiger charge is -2.37. The summed E-state index contributed by atoms with van der Waals surface area (Å²) in [5.41, 5.74) is 2.68. The number of carbonyl (C=O) groups is 1. The van der Waals surface area contributed by atoms with Crippen LogP contribution in [0, 0.1) is 11.6 Å². The van der Waals surface area contributed by atoms with Crippen LogP contribution in [0.2, 0.25) is 0 Å². The maximum absolute atomic E-state index is 13.7. The molecule has 1 saturated heterocycles. The number of nitrogens with zero attached hydrogens (tertiary/aromatic N) is 4. The molecule has 1 aliphatic heterocycles. The van der Waals surface area contributed by atoms with Crippen LogP contribution in [0.1, 0.15) is 33.8 Å². The summed E-state index contributed by atoms with van der Waals surface area (Å²) in [6.45, 7) is 3.27. The van der Waals surface area contributed by atoms with Crippen molar-refractivity contribution in [1.29, 1.82) is 0 Å². The third kappa shape index (κ3) is 5.59. The molecular weight excluding hydrogens is 546 g/mol. The monoisotopic (exact) mass is 572 g/mol. The van der Waals surface area contributed by atoms with Crippen molar-refractivity contribution < 1.29 is 18.7 Å². The quantitative estimate of drug-likeness (QED) is 0.231. The SMILES string of the molecule is CC(NC(=O)c1cccnc1NCc1ccc(-c2ccc3ncnc(N4CC(O)C4)c3c2)s1)c1ccc(F)c(F)c1. The number of carbonyl (C=O) groups excluding carboxylic acids is 1. The Morgan fingerprint density at radius 1 is 1.07 bits per heavy atom. The third-order valence-corrected chi connectivity index (χ3v) is 8.13. The fraction of sp³-hybridized carbons (Fsp3) is 0.200. The smallest absolute Gasteiger partial charge is 0.255 e. The van der Waals surface area contributed by atoms with Gasteiger partial charge in [-0.3, -0.25) is 4.79 Å². The van der Waals surface area contributed by atoms with Crippen LogP contribution in [-0.4, -0.2) is 45.2 Å². The van der Waals surface area contributed by atoms with Gasteiger partial charge in [0.25, 0.3) is 5.91 Å². The molecule has 0 spiro atoms. The molecule has 1 atom stereocenters. The van der Waals surface area contributed by atoms with E-state index in [9.17, 15) is 18.7 Å². The van der Waals surface area contributed by atoms with Crippen LogP contribution >= 0.6 is 11.3 Å². The summed E-state index contributed by atoms with van der Waals surface area (Å²) >= 11 is 1.62. The molecule has 3 aromatic heterocycles. The Labute approximate surface area is 238 Å². The first kappa shape index (κ1) is 26.7. The van der Waals surface area contributed by atoms with Crippen molar-refractivity contribution in [2.45, 2.75) is 25.6 Å². The summed E-state index contributed by atoms with van der Waals surface area (Å²) in [6.07, 6.45) is 2.82. The van der Waals surface area contributed by atoms with E-state index in [4.69, 9.17) is 0 Å². The molecule has 1 aliphatic rings. The van der Waals surface area contributed by atoms with Crippen LogP contribution < -0.4 is 15.5 Å². The summed E-state index contributed by atoms with van der Waals surface area (Å²) in [5.74, 6) is -1.04. The lowest BCUT2D eigenvalue weighted by atomic mass is 10.1. The van der Waals surface area contributed by atoms with Gasteiger partial charge in [0.2, 0.25) is 0 Å². The molecule has 0 saturated carbocycles. The molecule has 3 N–H and O–H groups in total. The van der Waals surface area contributed by atoms with E-state index in [0.29, 0.717) is 36.6 Å². The molecule has 208 valence electrons. The summed E-state index contributed by atoms with van der Waals surface area (Å²) < 4.78 is 27.0. The molecule has 8 nitrogen and oxygen atoms in total. The minimum absolute atomic E-state index is 0.330. The minimum Gasteiger partial charge on any atom is -0.389 e. The van der Waals surface area contributed by atoms with E-state index >= 15 is 0 Å². The van der Waals surface area contributed by atoms with Crippen LogP contribution in [0.3, 0.4) is 0 Å². The van der Waals surface area contributed by atoms with Crippen LogP contribution in [0.4, 0.5) is 20.4 Å². The molecule has 41 heavy (non-hydrogen) atoms. The fourth-order valence-electron chi connectivity index (χ4n) is 4.74. The van der Waals surface area contributed by atoms with Crippen molar-refractivity contribution in [3.05, 3.63) is 101 Å². The molecule has 2 aromatic carbocycles. The van der Waals surface area contributed by atoms with Crippen molar-refractivity contribution in [3.8, 4) is 10.4 Å². The van der Waals surface area contributed by atoms with E-state index in [1.165, 1.54) is 6.07 Å². The highest BCUT2D eigenvalue weighted by atomic mass is 32.1. The van der Waals surface area contributed by atoms with E-state index < -0.39 is 17.7 Å². The van der Waals surface area contributed by atoms with Gasteiger partial charge < -0.3 is 20.6 Å². The second-order valence-electron chi connectivity index (χ2n) is 9.88. The van der Waals surface area contributed by atoms with Crippen LogP contribution in [-0.2, 0) is 6.54 Å². The number of aromatic nitrogens is 3. The van der Waals surface area contributed by atoms with Crippen molar-refractivity contribution in [3.63, 3.8) is 0 Å². The number of pyridine rings is 1. The molecule has 0 bridgehead atoms. The Morgan fingerprint density at radius 3 is 2.73 bits per heavy atom. The van der Waals surface area contributed by atoms with E-state index in [-0.39, 0.29) is 12.0 Å². The summed E-state index contributed by atoms with van der Waals surface area (Å²) in [7, 11) is 0. The number of rotatable bonds is 8. The maximum atomic E-state index is 13.7. The standard InChI is InChI=1S/C30H26F2N6O2S/c1-17(18-4-7-24(31)25(32)12-18)37-30(40)22-3-2-10-33-28(22)34-13-21-6-9-27(41-21)19-5-8-26-23(11-19)29(36-16-35-26)38-14-20(39)15-38/h2-12,16-17,20,39H,13-15H2,1H3,(H,33,34)(H,37,40). The number of aliphatic hydroxyl groups excluding tert-OH is 1. The Balaban J connectivity index is 1.15. The van der Waals surface area contributed by atoms with Crippen molar-refractivity contribution in [2.75, 3.05) is 23.3 Å². The van der Waals surface area contributed by atoms with Gasteiger partial charge in [0, 0.05) is 34.4 Å². The molecule has 1 fully saturated rings. The largest absolute Gasteiger partial charge is 0.389 e. The van der Waals surface area contributed by atoms with Gasteiger partial charge in [-0.15, -0.1) is 11.3 Å². The first-order valence-electron chi connectivity index (χ1n) is 13.1. The maximum Gasteiger partial charge on any atom is 0.255 e. The van der Waals surface area contributed by atoms with Crippen molar-refractivity contribution in [1.82, 2.24) is 20.3 Å². The van der Waals surface area contributed by atoms with Gasteiger partial charge in [0.1, 0.15) is 18.0 Å². The number of nitrogens with one attached hydrogen (secondary N) is 2. The zero-order chi connectivity index (χ0) is 28.5. The Bertz CT molecular complexity index is 1740. The number of hydrogen-bond acceptors (Lipinski definition) is 8. The number of aliphatic hydroxyl groups is 1. The zero-order valence-electron chi connectivity index (χ0n) is 22.0. The lowest BCUT2D eigenvalue weighted by Crippen LogP contribution is -2.51. The van der Waals surface area contributed by atoms with E-state index in [2.05, 4.69) is 37.7 Å². The van der Waals surface area contributed by atoms with Crippen LogP contribution in [0.15, 0.2) is 73.2 Å². The Hall–Kier alpha value is -4.48. The van der Waals surface area contributed by atoms with E-state index in [0.717, 1.165) is 44.2 Å². The van der Waals surface area contributed by atoms with E-state index in [1.54, 1.807) is 42.9 Å². The second kappa shape index (κ2) is 11.2. The highest BCUT2D eigenvalue weighted by Gasteiger charge is 2.27. The number of fused-ring (bicyclic) bond motifs is 1. The molecule has 4 heterocycles. The normalized spacial score (nSPS) is 14.1. The number of benzene rings is 2. The topological polar surface area (TPSA) is 103 Å². The number of amides is 1. The summed E-state index contributed by atoms with van der Waals surface area (Å²) in [4.78, 5) is 30.4. The molecule has 6 rings (SSSR count). The van der Waals surface area contributed by atoms with Gasteiger partial charge in [-0.1, -0.05) is 12.1 Å². The van der Waals surface area contributed by atoms with Crippen LogP contribution in [0.5, 0.6) is 0 Å². The number of β-amino-alcohol motifs (C(OH)–C–C–N with tert-alkyl or cyclic N) is 1. The fourth-order valence-corrected chi connectivity index (χ4v) is 5.69. The van der Waals surface area contributed by atoms with Crippen molar-refractivity contribution in [2.24, 2.45) is 0 Å². The van der Waals surface area contributed by atoms with Gasteiger partial charge in [0.05, 0.1) is 29.8 Å². The van der Waals surface area contributed by atoms with Gasteiger partial charge in [-0.2, -0.15) is 0 Å². The molecule has 5 aromatic rings. The average molecular weight is 573 g/mol. The molecule has 1 unspecified atom stereocenters. The molecule has 1 amide bonds. The predicted octanol–water partition coefficient (Wildman–Crippen LogP) is 5.32. The highest BCUT2D eigenvalue weighted by molar-refractivity contribution is 7.15.